The fraction of sp³-hybridized carbons (Fsp3) is 0.348. The highest BCUT2D eigenvalue weighted by molar-refractivity contribution is 5.83. The number of aryl methyl sites for hydroxylation is 1. The molecule has 134 valence electrons. The van der Waals surface area contributed by atoms with E-state index in [0.29, 0.717) is 12.3 Å². The van der Waals surface area contributed by atoms with Crippen LogP contribution in [0.15, 0.2) is 54.7 Å². The monoisotopic (exact) mass is 346 g/mol. The molecule has 0 radical (unpaired) electrons. The minimum atomic E-state index is 0.263. The van der Waals surface area contributed by atoms with Crippen LogP contribution in [0.2, 0.25) is 0 Å². The molecule has 3 aromatic rings. The van der Waals surface area contributed by atoms with Crippen molar-refractivity contribution in [3.63, 3.8) is 0 Å². The van der Waals surface area contributed by atoms with Crippen molar-refractivity contribution < 1.29 is 4.79 Å². The van der Waals surface area contributed by atoms with Gasteiger partial charge in [-0.05, 0) is 49.3 Å². The molecule has 0 aliphatic carbocycles. The van der Waals surface area contributed by atoms with Gasteiger partial charge in [-0.3, -0.25) is 4.79 Å². The molecule has 1 aliphatic heterocycles. The van der Waals surface area contributed by atoms with Gasteiger partial charge in [0, 0.05) is 30.2 Å². The summed E-state index contributed by atoms with van der Waals surface area (Å²) in [5.41, 5.74) is 4.97. The first-order valence-electron chi connectivity index (χ1n) is 9.57. The topological polar surface area (TPSA) is 36.1 Å². The first-order valence-corrected chi connectivity index (χ1v) is 9.57. The number of piperidine rings is 1. The van der Waals surface area contributed by atoms with E-state index in [1.165, 1.54) is 22.0 Å². The Morgan fingerprint density at radius 3 is 2.58 bits per heavy atom. The number of H-pyrrole nitrogens is 1. The molecule has 1 aliphatic rings. The minimum absolute atomic E-state index is 0.263. The summed E-state index contributed by atoms with van der Waals surface area (Å²) in [7, 11) is 0. The maximum atomic E-state index is 12.6. The largest absolute Gasteiger partial charge is 0.361 e. The predicted molar refractivity (Wildman–Crippen MR) is 106 cm³/mol. The van der Waals surface area contributed by atoms with Crippen molar-refractivity contribution in [1.29, 1.82) is 0 Å². The van der Waals surface area contributed by atoms with Gasteiger partial charge in [0.1, 0.15) is 0 Å². The van der Waals surface area contributed by atoms with Crippen LogP contribution in [0.1, 0.15) is 29.5 Å². The Bertz CT molecular complexity index is 886. The number of para-hydroxylation sites is 1. The molecule has 2 aromatic carbocycles. The van der Waals surface area contributed by atoms with E-state index in [9.17, 15) is 4.79 Å². The van der Waals surface area contributed by atoms with Crippen molar-refractivity contribution in [2.45, 2.75) is 32.6 Å². The van der Waals surface area contributed by atoms with Gasteiger partial charge < -0.3 is 9.88 Å². The van der Waals surface area contributed by atoms with Gasteiger partial charge in [-0.2, -0.15) is 0 Å². The number of hydrogen-bond donors (Lipinski definition) is 1. The molecule has 2 heterocycles. The van der Waals surface area contributed by atoms with Gasteiger partial charge in [0.25, 0.3) is 0 Å². The smallest absolute Gasteiger partial charge is 0.226 e. The van der Waals surface area contributed by atoms with Gasteiger partial charge in [0.05, 0.1) is 6.42 Å². The molecular weight excluding hydrogens is 320 g/mol. The molecule has 4 rings (SSSR count). The average molecular weight is 346 g/mol. The number of aromatic nitrogens is 1. The molecule has 0 spiro atoms. The molecule has 1 amide bonds. The number of amides is 1. The molecule has 0 unspecified atom stereocenters. The lowest BCUT2D eigenvalue weighted by molar-refractivity contribution is -0.131. The lowest BCUT2D eigenvalue weighted by Gasteiger charge is -2.32. The molecule has 1 N–H and O–H groups in total. The summed E-state index contributed by atoms with van der Waals surface area (Å²) in [5.74, 6) is 0.928. The fourth-order valence-electron chi connectivity index (χ4n) is 3.99. The number of fused-ring (bicyclic) bond motifs is 1. The molecule has 1 aromatic heterocycles. The first-order chi connectivity index (χ1) is 12.7. The van der Waals surface area contributed by atoms with Crippen molar-refractivity contribution in [2.24, 2.45) is 5.92 Å². The van der Waals surface area contributed by atoms with Crippen molar-refractivity contribution in [3.8, 4) is 0 Å². The summed E-state index contributed by atoms with van der Waals surface area (Å²) in [5, 5.41) is 1.34. The van der Waals surface area contributed by atoms with Crippen LogP contribution in [0.5, 0.6) is 0 Å². The van der Waals surface area contributed by atoms with E-state index in [4.69, 9.17) is 0 Å². The number of likely N-dealkylation sites (tertiary alicyclic amines) is 1. The third-order valence-corrected chi connectivity index (χ3v) is 5.63. The maximum absolute atomic E-state index is 12.6. The summed E-state index contributed by atoms with van der Waals surface area (Å²) in [6, 6.07) is 16.8. The zero-order chi connectivity index (χ0) is 17.9. The number of hydrogen-bond acceptors (Lipinski definition) is 1. The number of rotatable bonds is 4. The Morgan fingerprint density at radius 1 is 1.08 bits per heavy atom. The molecule has 26 heavy (non-hydrogen) atoms. The lowest BCUT2D eigenvalue weighted by Crippen LogP contribution is -2.39. The van der Waals surface area contributed by atoms with Gasteiger partial charge in [-0.1, -0.05) is 48.0 Å². The number of benzene rings is 2. The van der Waals surface area contributed by atoms with Gasteiger partial charge in [-0.25, -0.2) is 0 Å². The number of nitrogens with zero attached hydrogens (tertiary/aromatic N) is 1. The second-order valence-electron chi connectivity index (χ2n) is 7.55. The Labute approximate surface area is 155 Å². The number of carbonyl (C=O) groups is 1. The van der Waals surface area contributed by atoms with E-state index in [-0.39, 0.29) is 5.91 Å². The van der Waals surface area contributed by atoms with Crippen LogP contribution in [0, 0.1) is 12.8 Å². The maximum Gasteiger partial charge on any atom is 0.226 e. The van der Waals surface area contributed by atoms with Crippen LogP contribution in [0.3, 0.4) is 0 Å². The van der Waals surface area contributed by atoms with E-state index >= 15 is 0 Å². The Morgan fingerprint density at radius 2 is 1.81 bits per heavy atom. The van der Waals surface area contributed by atoms with E-state index < -0.39 is 0 Å². The molecule has 1 saturated heterocycles. The molecule has 1 fully saturated rings. The zero-order valence-corrected chi connectivity index (χ0v) is 15.4. The second kappa shape index (κ2) is 7.36. The van der Waals surface area contributed by atoms with E-state index in [1.54, 1.807) is 0 Å². The number of aromatic amines is 1. The number of nitrogens with one attached hydrogen (secondary N) is 1. The van der Waals surface area contributed by atoms with Crippen molar-refractivity contribution >= 4 is 16.8 Å². The highest BCUT2D eigenvalue weighted by atomic mass is 16.2. The quantitative estimate of drug-likeness (QED) is 0.742. The lowest BCUT2D eigenvalue weighted by atomic mass is 9.90. The predicted octanol–water partition coefficient (Wildman–Crippen LogP) is 4.50. The fourth-order valence-corrected chi connectivity index (χ4v) is 3.99. The van der Waals surface area contributed by atoms with Crippen LogP contribution < -0.4 is 0 Å². The van der Waals surface area contributed by atoms with Crippen LogP contribution >= 0.6 is 0 Å². The molecule has 0 atom stereocenters. The Balaban J connectivity index is 1.32. The van der Waals surface area contributed by atoms with Crippen molar-refractivity contribution in [2.75, 3.05) is 13.1 Å². The summed E-state index contributed by atoms with van der Waals surface area (Å²) < 4.78 is 0. The second-order valence-corrected chi connectivity index (χ2v) is 7.55. The van der Waals surface area contributed by atoms with E-state index in [2.05, 4.69) is 66.6 Å². The molecule has 3 heteroatoms. The van der Waals surface area contributed by atoms with Crippen LogP contribution in [0.25, 0.3) is 10.9 Å². The van der Waals surface area contributed by atoms with Gasteiger partial charge >= 0.3 is 0 Å². The third kappa shape index (κ3) is 3.67. The highest BCUT2D eigenvalue weighted by Gasteiger charge is 2.23. The van der Waals surface area contributed by atoms with Crippen LogP contribution in [-0.2, 0) is 17.6 Å². The average Bonchev–Trinajstić information content (AvgIpc) is 3.07. The zero-order valence-electron chi connectivity index (χ0n) is 15.4. The molecular formula is C23H26N2O. The van der Waals surface area contributed by atoms with Crippen LogP contribution in [0.4, 0.5) is 0 Å². The summed E-state index contributed by atoms with van der Waals surface area (Å²) in [6.45, 7) is 3.85. The molecule has 3 nitrogen and oxygen atoms in total. The third-order valence-electron chi connectivity index (χ3n) is 5.63. The standard InChI is InChI=1S/C23H26N2O/c1-17-6-8-18(9-7-17)15-23(26)25-12-10-19(11-13-25)14-20-16-24-22-5-3-2-4-21(20)22/h2-9,16,19,24H,10-15H2,1H3. The molecule has 0 bridgehead atoms. The Kier molecular flexibility index (Phi) is 4.79. The summed E-state index contributed by atoms with van der Waals surface area (Å²) in [6.07, 6.45) is 5.97. The van der Waals surface area contributed by atoms with Crippen molar-refractivity contribution in [3.05, 3.63) is 71.4 Å². The van der Waals surface area contributed by atoms with Crippen molar-refractivity contribution in [1.82, 2.24) is 9.88 Å². The SMILES string of the molecule is Cc1ccc(CC(=O)N2CCC(Cc3c[nH]c4ccccc34)CC2)cc1. The van der Waals surface area contributed by atoms with Gasteiger partial charge in [0.2, 0.25) is 5.91 Å². The van der Waals surface area contributed by atoms with E-state index in [1.807, 2.05) is 4.90 Å². The number of carbonyl (C=O) groups excluding carboxylic acids is 1. The normalized spacial score (nSPS) is 15.5. The molecule has 0 saturated carbocycles. The Hall–Kier alpha value is -2.55. The van der Waals surface area contributed by atoms with E-state index in [0.717, 1.165) is 37.9 Å². The first kappa shape index (κ1) is 16.9. The van der Waals surface area contributed by atoms with Crippen LogP contribution in [-0.4, -0.2) is 28.9 Å². The van der Waals surface area contributed by atoms with Gasteiger partial charge in [0.15, 0.2) is 0 Å². The van der Waals surface area contributed by atoms with Gasteiger partial charge in [-0.15, -0.1) is 0 Å². The minimum Gasteiger partial charge on any atom is -0.361 e. The highest BCUT2D eigenvalue weighted by Crippen LogP contribution is 2.26. The summed E-state index contributed by atoms with van der Waals surface area (Å²) in [4.78, 5) is 18.0. The summed E-state index contributed by atoms with van der Waals surface area (Å²) >= 11 is 0.